The molecule has 0 amide bonds. The van der Waals surface area contributed by atoms with Crippen molar-refractivity contribution in [2.45, 2.75) is 62.9 Å². The summed E-state index contributed by atoms with van der Waals surface area (Å²) in [7, 11) is 0. The largest absolute Gasteiger partial charge is 0.487 e. The van der Waals surface area contributed by atoms with E-state index in [0.717, 1.165) is 30.2 Å². The van der Waals surface area contributed by atoms with Gasteiger partial charge in [0.25, 0.3) is 6.43 Å². The Morgan fingerprint density at radius 1 is 1.12 bits per heavy atom. The lowest BCUT2D eigenvalue weighted by Crippen LogP contribution is -2.34. The summed E-state index contributed by atoms with van der Waals surface area (Å²) in [4.78, 5) is 7.87. The number of aromatic nitrogens is 3. The highest BCUT2D eigenvalue weighted by atomic mass is 19.3. The van der Waals surface area contributed by atoms with Gasteiger partial charge in [-0.3, -0.25) is 0 Å². The summed E-state index contributed by atoms with van der Waals surface area (Å²) in [5, 5.41) is 21.4. The van der Waals surface area contributed by atoms with Crippen LogP contribution in [0.25, 0.3) is 11.0 Å². The molecule has 0 saturated heterocycles. The van der Waals surface area contributed by atoms with Crippen molar-refractivity contribution in [3.8, 4) is 5.75 Å². The highest BCUT2D eigenvalue weighted by molar-refractivity contribution is 5.86. The fourth-order valence-electron chi connectivity index (χ4n) is 4.92. The molecule has 32 heavy (non-hydrogen) atoms. The zero-order valence-electron chi connectivity index (χ0n) is 17.1. The minimum atomic E-state index is -2.64. The number of hydrogen-bond acceptors (Lipinski definition) is 6. The molecule has 1 saturated carbocycles. The van der Waals surface area contributed by atoms with E-state index in [9.17, 15) is 23.4 Å². The number of hydrogen-bond donors (Lipinski definition) is 3. The number of anilines is 1. The van der Waals surface area contributed by atoms with Gasteiger partial charge in [0.2, 0.25) is 0 Å². The number of aliphatic hydroxyl groups excluding tert-OH is 2. The van der Waals surface area contributed by atoms with Gasteiger partial charge in [0.1, 0.15) is 41.9 Å². The van der Waals surface area contributed by atoms with Crippen LogP contribution in [-0.4, -0.2) is 43.1 Å². The molecular formula is C22H23F3N4O3. The molecule has 1 fully saturated rings. The standard InChI is InChI=1S/C22H23F3N4O3/c23-13-8-29(22-17(13)21(26)27-9-28-22)14-7-16(19(31)18(14)30)32-15-6-11(20(24)25)5-10-3-1-2-4-12(10)15/h5-6,8-9,14,16,18-20,30-31H,1-4,7H2,(H2,26,27,28)/t14-,16+,18+,19-/m1/s1. The van der Waals surface area contributed by atoms with Crippen LogP contribution in [0.15, 0.2) is 24.7 Å². The summed E-state index contributed by atoms with van der Waals surface area (Å²) in [6, 6.07) is 2.10. The zero-order chi connectivity index (χ0) is 22.6. The Kier molecular flexibility index (Phi) is 5.21. The number of aliphatic hydroxyl groups is 2. The number of rotatable bonds is 4. The Morgan fingerprint density at radius 3 is 2.69 bits per heavy atom. The average molecular weight is 448 g/mol. The summed E-state index contributed by atoms with van der Waals surface area (Å²) in [6.45, 7) is 0. The van der Waals surface area contributed by atoms with Crippen LogP contribution in [0.1, 0.15) is 48.4 Å². The van der Waals surface area contributed by atoms with Gasteiger partial charge >= 0.3 is 0 Å². The summed E-state index contributed by atoms with van der Waals surface area (Å²) in [6.07, 6.45) is -0.358. The lowest BCUT2D eigenvalue weighted by atomic mass is 9.89. The summed E-state index contributed by atoms with van der Waals surface area (Å²) in [5.74, 6) is -0.352. The molecule has 0 unspecified atom stereocenters. The molecule has 0 aliphatic heterocycles. The Bertz CT molecular complexity index is 1170. The second-order valence-electron chi connectivity index (χ2n) is 8.45. The molecule has 2 aliphatic rings. The maximum atomic E-state index is 14.5. The normalized spacial score (nSPS) is 25.4. The molecule has 0 bridgehead atoms. The Balaban J connectivity index is 1.48. The molecule has 2 heterocycles. The lowest BCUT2D eigenvalue weighted by Gasteiger charge is -2.25. The topological polar surface area (TPSA) is 106 Å². The summed E-state index contributed by atoms with van der Waals surface area (Å²) < 4.78 is 48.8. The van der Waals surface area contributed by atoms with Crippen molar-refractivity contribution in [3.63, 3.8) is 0 Å². The number of fused-ring (bicyclic) bond motifs is 2. The van der Waals surface area contributed by atoms with E-state index in [1.54, 1.807) is 0 Å². The van der Waals surface area contributed by atoms with Gasteiger partial charge in [0.15, 0.2) is 5.82 Å². The molecule has 4 N–H and O–H groups in total. The lowest BCUT2D eigenvalue weighted by molar-refractivity contribution is -0.0167. The van der Waals surface area contributed by atoms with Gasteiger partial charge in [-0.2, -0.15) is 0 Å². The Labute approximate surface area is 181 Å². The van der Waals surface area contributed by atoms with Gasteiger partial charge in [-0.15, -0.1) is 0 Å². The van der Waals surface area contributed by atoms with Crippen LogP contribution in [0, 0.1) is 5.82 Å². The van der Waals surface area contributed by atoms with E-state index in [-0.39, 0.29) is 28.8 Å². The number of halogens is 3. The molecule has 10 heteroatoms. The third-order valence-corrected chi connectivity index (χ3v) is 6.53. The van der Waals surface area contributed by atoms with Gasteiger partial charge in [-0.25, -0.2) is 23.1 Å². The number of aryl methyl sites for hydroxylation is 1. The van der Waals surface area contributed by atoms with E-state index < -0.39 is 36.6 Å². The number of alkyl halides is 2. The van der Waals surface area contributed by atoms with Gasteiger partial charge in [-0.1, -0.05) is 0 Å². The highest BCUT2D eigenvalue weighted by Gasteiger charge is 2.45. The van der Waals surface area contributed by atoms with E-state index in [1.807, 2.05) is 0 Å². The van der Waals surface area contributed by atoms with Crippen molar-refractivity contribution in [2.24, 2.45) is 0 Å². The number of benzene rings is 1. The van der Waals surface area contributed by atoms with Crippen molar-refractivity contribution in [2.75, 3.05) is 5.73 Å². The molecule has 2 aliphatic carbocycles. The molecule has 5 rings (SSSR count). The van der Waals surface area contributed by atoms with Crippen LogP contribution < -0.4 is 10.5 Å². The highest BCUT2D eigenvalue weighted by Crippen LogP contribution is 2.40. The Morgan fingerprint density at radius 2 is 1.91 bits per heavy atom. The van der Waals surface area contributed by atoms with Crippen molar-refractivity contribution in [1.29, 1.82) is 0 Å². The van der Waals surface area contributed by atoms with E-state index in [1.165, 1.54) is 23.0 Å². The van der Waals surface area contributed by atoms with E-state index >= 15 is 0 Å². The van der Waals surface area contributed by atoms with Gasteiger partial charge in [0, 0.05) is 18.2 Å². The second kappa shape index (κ2) is 7.93. The molecule has 7 nitrogen and oxygen atoms in total. The summed E-state index contributed by atoms with van der Waals surface area (Å²) in [5.41, 5.74) is 7.53. The number of nitrogen functional groups attached to an aromatic ring is 1. The molecular weight excluding hydrogens is 425 g/mol. The number of nitrogens with zero attached hydrogens (tertiary/aromatic N) is 3. The van der Waals surface area contributed by atoms with Gasteiger partial charge in [-0.05, 0) is 48.9 Å². The van der Waals surface area contributed by atoms with Crippen molar-refractivity contribution >= 4 is 16.9 Å². The smallest absolute Gasteiger partial charge is 0.263 e. The minimum absolute atomic E-state index is 0.0254. The fraction of sp³-hybridized carbons (Fsp3) is 0.455. The SMILES string of the molecule is Nc1ncnc2c1c(F)cn2[C@@H]1C[C@H](Oc2cc(C(F)F)cc3c2CCCC3)[C@@H](O)[C@H]1O. The first-order valence-corrected chi connectivity index (χ1v) is 10.6. The molecule has 2 aromatic heterocycles. The predicted octanol–water partition coefficient (Wildman–Crippen LogP) is 3.08. The van der Waals surface area contributed by atoms with Crippen LogP contribution in [0.2, 0.25) is 0 Å². The van der Waals surface area contributed by atoms with Crippen molar-refractivity contribution in [1.82, 2.24) is 14.5 Å². The summed E-state index contributed by atoms with van der Waals surface area (Å²) >= 11 is 0. The molecule has 170 valence electrons. The Hall–Kier alpha value is -2.85. The quantitative estimate of drug-likeness (QED) is 0.566. The monoisotopic (exact) mass is 448 g/mol. The third kappa shape index (κ3) is 3.38. The third-order valence-electron chi connectivity index (χ3n) is 6.53. The molecule has 0 spiro atoms. The maximum absolute atomic E-state index is 14.5. The molecule has 3 aromatic rings. The van der Waals surface area contributed by atoms with Crippen molar-refractivity contribution in [3.05, 3.63) is 47.2 Å². The fourth-order valence-corrected chi connectivity index (χ4v) is 4.92. The first kappa shape index (κ1) is 21.0. The minimum Gasteiger partial charge on any atom is -0.487 e. The van der Waals surface area contributed by atoms with E-state index in [2.05, 4.69) is 9.97 Å². The maximum Gasteiger partial charge on any atom is 0.263 e. The number of nitrogens with two attached hydrogens (primary N) is 1. The van der Waals surface area contributed by atoms with Crippen LogP contribution in [0.3, 0.4) is 0 Å². The molecule has 0 radical (unpaired) electrons. The second-order valence-corrected chi connectivity index (χ2v) is 8.45. The first-order valence-electron chi connectivity index (χ1n) is 10.6. The average Bonchev–Trinajstić information content (AvgIpc) is 3.25. The van der Waals surface area contributed by atoms with E-state index in [0.29, 0.717) is 18.6 Å². The van der Waals surface area contributed by atoms with Crippen LogP contribution in [0.4, 0.5) is 19.0 Å². The van der Waals surface area contributed by atoms with Crippen LogP contribution in [0.5, 0.6) is 5.75 Å². The first-order chi connectivity index (χ1) is 15.3. The zero-order valence-corrected chi connectivity index (χ0v) is 17.1. The van der Waals surface area contributed by atoms with Crippen LogP contribution in [-0.2, 0) is 12.8 Å². The molecule has 1 aromatic carbocycles. The van der Waals surface area contributed by atoms with Crippen molar-refractivity contribution < 1.29 is 28.1 Å². The molecule has 4 atom stereocenters. The number of ether oxygens (including phenoxy) is 1. The van der Waals surface area contributed by atoms with E-state index in [4.69, 9.17) is 10.5 Å². The van der Waals surface area contributed by atoms with Gasteiger partial charge < -0.3 is 25.3 Å². The van der Waals surface area contributed by atoms with Crippen LogP contribution >= 0.6 is 0 Å². The predicted molar refractivity (Wildman–Crippen MR) is 110 cm³/mol. The van der Waals surface area contributed by atoms with Gasteiger partial charge in [0.05, 0.1) is 11.4 Å².